The first-order chi connectivity index (χ1) is 4.33. The predicted octanol–water partition coefficient (Wildman–Crippen LogP) is 0.333. The van der Waals surface area contributed by atoms with E-state index >= 15 is 0 Å². The highest BCUT2D eigenvalue weighted by atomic mass is 16.5. The molecular weight excluding hydrogens is 120 g/mol. The van der Waals surface area contributed by atoms with Crippen molar-refractivity contribution in [1.29, 1.82) is 0 Å². The molecule has 0 amide bonds. The highest BCUT2D eigenvalue weighted by Gasteiger charge is 2.05. The van der Waals surface area contributed by atoms with E-state index in [2.05, 4.69) is 0 Å². The molecule has 0 bridgehead atoms. The van der Waals surface area contributed by atoms with Gasteiger partial charge in [-0.3, -0.25) is 0 Å². The Balaban J connectivity index is 2.48. The van der Waals surface area contributed by atoms with Gasteiger partial charge in [0.25, 0.3) is 0 Å². The molecule has 0 fully saturated rings. The Labute approximate surface area is 52.9 Å². The van der Waals surface area contributed by atoms with Crippen molar-refractivity contribution in [2.45, 2.75) is 6.10 Å². The van der Waals surface area contributed by atoms with Crippen LogP contribution in [-0.4, -0.2) is 22.9 Å². The molecule has 0 spiro atoms. The van der Waals surface area contributed by atoms with Gasteiger partial charge in [-0.15, -0.1) is 0 Å². The van der Waals surface area contributed by atoms with E-state index < -0.39 is 0 Å². The summed E-state index contributed by atoms with van der Waals surface area (Å²) in [5.41, 5.74) is 0. The van der Waals surface area contributed by atoms with Crippen molar-refractivity contribution in [3.63, 3.8) is 0 Å². The van der Waals surface area contributed by atoms with Crippen LogP contribution in [0.15, 0.2) is 24.2 Å². The van der Waals surface area contributed by atoms with Crippen LogP contribution < -0.4 is 0 Å². The number of ether oxygens (including phenoxy) is 1. The third-order valence-electron chi connectivity index (χ3n) is 1.03. The topological polar surface area (TPSA) is 49.7 Å². The van der Waals surface area contributed by atoms with Gasteiger partial charge >= 0.3 is 0 Å². The summed E-state index contributed by atoms with van der Waals surface area (Å²) in [7, 11) is 0. The summed E-state index contributed by atoms with van der Waals surface area (Å²) in [6.45, 7) is -0.0553. The van der Waals surface area contributed by atoms with E-state index in [4.69, 9.17) is 14.9 Å². The van der Waals surface area contributed by atoms with Gasteiger partial charge in [-0.2, -0.15) is 0 Å². The highest BCUT2D eigenvalue weighted by Crippen LogP contribution is 2.05. The lowest BCUT2D eigenvalue weighted by molar-refractivity contribution is 0.102. The summed E-state index contributed by atoms with van der Waals surface area (Å²) in [6.07, 6.45) is 4.00. The molecule has 1 atom stereocenters. The summed E-state index contributed by atoms with van der Waals surface area (Å²) in [4.78, 5) is 0. The average molecular weight is 128 g/mol. The number of rotatable bonds is 1. The van der Waals surface area contributed by atoms with Gasteiger partial charge in [-0.1, -0.05) is 0 Å². The SMILES string of the molecule is OCC1C=CC(O)=CO1. The Morgan fingerprint density at radius 3 is 2.89 bits per heavy atom. The van der Waals surface area contributed by atoms with Crippen molar-refractivity contribution >= 4 is 0 Å². The smallest absolute Gasteiger partial charge is 0.149 e. The predicted molar refractivity (Wildman–Crippen MR) is 31.8 cm³/mol. The van der Waals surface area contributed by atoms with Crippen molar-refractivity contribution in [2.24, 2.45) is 0 Å². The van der Waals surface area contributed by atoms with Gasteiger partial charge in [0.2, 0.25) is 0 Å². The molecule has 0 aromatic heterocycles. The van der Waals surface area contributed by atoms with Gasteiger partial charge in [-0.25, -0.2) is 0 Å². The molecule has 0 aromatic carbocycles. The van der Waals surface area contributed by atoms with Gasteiger partial charge in [-0.05, 0) is 12.2 Å². The molecule has 50 valence electrons. The van der Waals surface area contributed by atoms with Crippen molar-refractivity contribution in [2.75, 3.05) is 6.61 Å². The van der Waals surface area contributed by atoms with Crippen LogP contribution in [-0.2, 0) is 4.74 Å². The Hall–Kier alpha value is -0.960. The summed E-state index contributed by atoms with van der Waals surface area (Å²) in [5.74, 6) is 0.0831. The van der Waals surface area contributed by atoms with E-state index in [1.807, 2.05) is 0 Å². The number of aliphatic hydroxyl groups excluding tert-OH is 2. The molecule has 1 aliphatic rings. The fourth-order valence-corrected chi connectivity index (χ4v) is 0.552. The normalized spacial score (nSPS) is 25.0. The zero-order chi connectivity index (χ0) is 6.69. The summed E-state index contributed by atoms with van der Waals surface area (Å²) in [5, 5.41) is 17.2. The second-order valence-electron chi connectivity index (χ2n) is 1.76. The minimum Gasteiger partial charge on any atom is -0.505 e. The maximum absolute atomic E-state index is 8.69. The molecule has 3 heteroatoms. The lowest BCUT2D eigenvalue weighted by Gasteiger charge is -2.12. The number of aliphatic hydroxyl groups is 2. The molecule has 1 rings (SSSR count). The maximum atomic E-state index is 8.69. The van der Waals surface area contributed by atoms with Crippen LogP contribution in [0.2, 0.25) is 0 Å². The third-order valence-corrected chi connectivity index (χ3v) is 1.03. The molecule has 0 aliphatic carbocycles. The van der Waals surface area contributed by atoms with Gasteiger partial charge in [0.05, 0.1) is 6.61 Å². The second kappa shape index (κ2) is 2.55. The van der Waals surface area contributed by atoms with Crippen LogP contribution in [0.3, 0.4) is 0 Å². The van der Waals surface area contributed by atoms with Gasteiger partial charge in [0.1, 0.15) is 18.1 Å². The van der Waals surface area contributed by atoms with E-state index in [0.717, 1.165) is 0 Å². The largest absolute Gasteiger partial charge is 0.505 e. The van der Waals surface area contributed by atoms with E-state index in [1.54, 1.807) is 6.08 Å². The zero-order valence-corrected chi connectivity index (χ0v) is 4.82. The number of hydrogen-bond acceptors (Lipinski definition) is 3. The molecular formula is C6H8O3. The third kappa shape index (κ3) is 1.47. The highest BCUT2D eigenvalue weighted by molar-refractivity contribution is 5.13. The Bertz CT molecular complexity index is 148. The Kier molecular flexibility index (Phi) is 1.75. The molecule has 2 N–H and O–H groups in total. The van der Waals surface area contributed by atoms with Crippen LogP contribution in [0.4, 0.5) is 0 Å². The monoisotopic (exact) mass is 128 g/mol. The second-order valence-corrected chi connectivity index (χ2v) is 1.76. The molecule has 1 heterocycles. The summed E-state index contributed by atoms with van der Waals surface area (Å²) in [6, 6.07) is 0. The quantitative estimate of drug-likeness (QED) is 0.535. The van der Waals surface area contributed by atoms with E-state index in [1.165, 1.54) is 12.3 Å². The van der Waals surface area contributed by atoms with Gasteiger partial charge in [0.15, 0.2) is 0 Å². The molecule has 0 aromatic rings. The van der Waals surface area contributed by atoms with Gasteiger partial charge in [0, 0.05) is 0 Å². The van der Waals surface area contributed by atoms with Crippen LogP contribution in [0.25, 0.3) is 0 Å². The molecule has 9 heavy (non-hydrogen) atoms. The number of hydrogen-bond donors (Lipinski definition) is 2. The lowest BCUT2D eigenvalue weighted by atomic mass is 10.3. The summed E-state index contributed by atoms with van der Waals surface area (Å²) < 4.78 is 4.79. The van der Waals surface area contributed by atoms with Gasteiger partial charge < -0.3 is 14.9 Å². The molecule has 0 saturated carbocycles. The number of allylic oxidation sites excluding steroid dienone is 1. The minimum absolute atomic E-state index is 0.0553. The first kappa shape index (κ1) is 6.16. The Morgan fingerprint density at radius 2 is 2.44 bits per heavy atom. The van der Waals surface area contributed by atoms with Crippen molar-refractivity contribution in [3.05, 3.63) is 24.2 Å². The van der Waals surface area contributed by atoms with E-state index in [9.17, 15) is 0 Å². The molecule has 0 saturated heterocycles. The van der Waals surface area contributed by atoms with Crippen molar-refractivity contribution < 1.29 is 14.9 Å². The van der Waals surface area contributed by atoms with Crippen LogP contribution in [0, 0.1) is 0 Å². The molecule has 0 radical (unpaired) electrons. The average Bonchev–Trinajstić information content (AvgIpc) is 1.90. The molecule has 3 nitrogen and oxygen atoms in total. The van der Waals surface area contributed by atoms with Crippen molar-refractivity contribution in [3.8, 4) is 0 Å². The van der Waals surface area contributed by atoms with Crippen LogP contribution in [0.1, 0.15) is 0 Å². The maximum Gasteiger partial charge on any atom is 0.149 e. The van der Waals surface area contributed by atoms with E-state index in [0.29, 0.717) is 0 Å². The fourth-order valence-electron chi connectivity index (χ4n) is 0.552. The lowest BCUT2D eigenvalue weighted by Crippen LogP contribution is -2.13. The molecule has 1 aliphatic heterocycles. The van der Waals surface area contributed by atoms with Crippen LogP contribution in [0.5, 0.6) is 0 Å². The van der Waals surface area contributed by atoms with Crippen molar-refractivity contribution in [1.82, 2.24) is 0 Å². The Morgan fingerprint density at radius 1 is 1.67 bits per heavy atom. The van der Waals surface area contributed by atoms with E-state index in [-0.39, 0.29) is 18.5 Å². The van der Waals surface area contributed by atoms with Crippen LogP contribution >= 0.6 is 0 Å². The fraction of sp³-hybridized carbons (Fsp3) is 0.333. The minimum atomic E-state index is -0.291. The summed E-state index contributed by atoms with van der Waals surface area (Å²) >= 11 is 0. The first-order valence-electron chi connectivity index (χ1n) is 2.66. The first-order valence-corrected chi connectivity index (χ1v) is 2.66. The zero-order valence-electron chi connectivity index (χ0n) is 4.82. The standard InChI is InChI=1S/C6H8O3/c7-3-6-2-1-5(8)4-9-6/h1-2,4,6-8H,3H2. The molecule has 1 unspecified atom stereocenters.